The molecular formula is C17H15N5O2. The van der Waals surface area contributed by atoms with Crippen molar-refractivity contribution in [2.24, 2.45) is 0 Å². The van der Waals surface area contributed by atoms with Crippen LogP contribution >= 0.6 is 0 Å². The summed E-state index contributed by atoms with van der Waals surface area (Å²) in [5, 5.41) is 13.3. The first-order valence-corrected chi connectivity index (χ1v) is 7.50. The van der Waals surface area contributed by atoms with E-state index in [4.69, 9.17) is 9.52 Å². The number of hydrogen-bond acceptors (Lipinski definition) is 6. The van der Waals surface area contributed by atoms with Crippen LogP contribution in [-0.4, -0.2) is 25.0 Å². The van der Waals surface area contributed by atoms with Gasteiger partial charge in [0.05, 0.1) is 12.1 Å². The van der Waals surface area contributed by atoms with Crippen LogP contribution in [0.5, 0.6) is 0 Å². The van der Waals surface area contributed by atoms with E-state index in [0.717, 1.165) is 28.1 Å². The molecule has 0 aliphatic carbocycles. The van der Waals surface area contributed by atoms with Crippen molar-refractivity contribution in [3.8, 4) is 11.3 Å². The zero-order valence-corrected chi connectivity index (χ0v) is 12.7. The van der Waals surface area contributed by atoms with Gasteiger partial charge in [0.1, 0.15) is 36.1 Å². The second-order valence-electron chi connectivity index (χ2n) is 5.27. The molecule has 1 aromatic carbocycles. The molecule has 0 spiro atoms. The number of aliphatic hydroxyl groups is 1. The predicted octanol–water partition coefficient (Wildman–Crippen LogP) is 2.72. The van der Waals surface area contributed by atoms with Crippen LogP contribution in [0.2, 0.25) is 0 Å². The number of aliphatic hydroxyl groups excluding tert-OH is 1. The first-order chi connectivity index (χ1) is 11.8. The van der Waals surface area contributed by atoms with Crippen molar-refractivity contribution in [2.45, 2.75) is 13.2 Å². The van der Waals surface area contributed by atoms with Crippen molar-refractivity contribution in [1.82, 2.24) is 19.9 Å². The Bertz CT molecular complexity index is 962. The average molecular weight is 321 g/mol. The third kappa shape index (κ3) is 2.72. The molecule has 0 saturated heterocycles. The number of hydrogen-bond donors (Lipinski definition) is 3. The van der Waals surface area contributed by atoms with Gasteiger partial charge in [-0.1, -0.05) is 0 Å². The number of imidazole rings is 1. The summed E-state index contributed by atoms with van der Waals surface area (Å²) in [4.78, 5) is 15.9. The van der Waals surface area contributed by atoms with E-state index >= 15 is 0 Å². The lowest BCUT2D eigenvalue weighted by atomic mass is 10.1. The normalized spacial score (nSPS) is 11.0. The monoisotopic (exact) mass is 321 g/mol. The van der Waals surface area contributed by atoms with Gasteiger partial charge in [0, 0.05) is 23.3 Å². The van der Waals surface area contributed by atoms with Gasteiger partial charge in [0.15, 0.2) is 0 Å². The Hall–Kier alpha value is -3.19. The average Bonchev–Trinajstić information content (AvgIpc) is 3.31. The number of H-pyrrole nitrogens is 1. The lowest BCUT2D eigenvalue weighted by molar-refractivity contribution is 0.248. The van der Waals surface area contributed by atoms with Gasteiger partial charge in [0.2, 0.25) is 0 Å². The molecule has 3 heterocycles. The van der Waals surface area contributed by atoms with E-state index in [1.54, 1.807) is 18.5 Å². The molecular weight excluding hydrogens is 306 g/mol. The molecule has 0 aliphatic rings. The van der Waals surface area contributed by atoms with Crippen molar-refractivity contribution >= 4 is 16.7 Å². The summed E-state index contributed by atoms with van der Waals surface area (Å²) in [6.45, 7) is 0.422. The van der Waals surface area contributed by atoms with Crippen molar-refractivity contribution in [3.63, 3.8) is 0 Å². The predicted molar refractivity (Wildman–Crippen MR) is 89.1 cm³/mol. The van der Waals surface area contributed by atoms with Crippen LogP contribution in [0.1, 0.15) is 11.6 Å². The maximum absolute atomic E-state index is 9.14. The Morgan fingerprint density at radius 1 is 1.12 bits per heavy atom. The van der Waals surface area contributed by atoms with Gasteiger partial charge in [-0.3, -0.25) is 0 Å². The van der Waals surface area contributed by atoms with Gasteiger partial charge in [0.25, 0.3) is 0 Å². The summed E-state index contributed by atoms with van der Waals surface area (Å²) in [7, 11) is 0. The van der Waals surface area contributed by atoms with E-state index in [9.17, 15) is 0 Å². The summed E-state index contributed by atoms with van der Waals surface area (Å²) in [6, 6.07) is 9.43. The first kappa shape index (κ1) is 14.4. The lowest BCUT2D eigenvalue weighted by Crippen LogP contribution is -2.04. The number of aromatic nitrogens is 4. The summed E-state index contributed by atoms with van der Waals surface area (Å²) in [6.07, 6.45) is 5.02. The minimum atomic E-state index is -0.118. The third-order valence-electron chi connectivity index (χ3n) is 3.72. The SMILES string of the molecule is OCc1ccc(-c2ccc3ncnc(NCc4ncc[nH]4)c3c2)o1. The van der Waals surface area contributed by atoms with E-state index in [2.05, 4.69) is 25.3 Å². The van der Waals surface area contributed by atoms with Gasteiger partial charge in [-0.15, -0.1) is 0 Å². The van der Waals surface area contributed by atoms with Crippen LogP contribution in [0.3, 0.4) is 0 Å². The zero-order chi connectivity index (χ0) is 16.4. The second kappa shape index (κ2) is 6.13. The Balaban J connectivity index is 1.70. The van der Waals surface area contributed by atoms with Gasteiger partial charge in [-0.2, -0.15) is 0 Å². The fourth-order valence-electron chi connectivity index (χ4n) is 2.53. The number of anilines is 1. The minimum absolute atomic E-state index is 0.118. The van der Waals surface area contributed by atoms with Crippen molar-refractivity contribution < 1.29 is 9.52 Å². The van der Waals surface area contributed by atoms with Crippen molar-refractivity contribution in [3.05, 3.63) is 60.6 Å². The maximum atomic E-state index is 9.14. The third-order valence-corrected chi connectivity index (χ3v) is 3.72. The molecule has 3 aromatic heterocycles. The Kier molecular flexibility index (Phi) is 3.68. The Labute approximate surface area is 137 Å². The van der Waals surface area contributed by atoms with E-state index < -0.39 is 0 Å². The Morgan fingerprint density at radius 3 is 2.88 bits per heavy atom. The fraction of sp³-hybridized carbons (Fsp3) is 0.118. The topological polar surface area (TPSA) is 99.9 Å². The number of benzene rings is 1. The summed E-state index contributed by atoms with van der Waals surface area (Å²) < 4.78 is 5.60. The lowest BCUT2D eigenvalue weighted by Gasteiger charge is -2.08. The highest BCUT2D eigenvalue weighted by Gasteiger charge is 2.09. The highest BCUT2D eigenvalue weighted by Crippen LogP contribution is 2.28. The molecule has 7 nitrogen and oxygen atoms in total. The zero-order valence-electron chi connectivity index (χ0n) is 12.7. The van der Waals surface area contributed by atoms with Crippen molar-refractivity contribution in [2.75, 3.05) is 5.32 Å². The number of aromatic amines is 1. The van der Waals surface area contributed by atoms with Crippen LogP contribution < -0.4 is 5.32 Å². The quantitative estimate of drug-likeness (QED) is 0.522. The summed E-state index contributed by atoms with van der Waals surface area (Å²) >= 11 is 0. The van der Waals surface area contributed by atoms with Gasteiger partial charge < -0.3 is 19.8 Å². The van der Waals surface area contributed by atoms with Crippen LogP contribution in [0, 0.1) is 0 Å². The molecule has 0 radical (unpaired) electrons. The highest BCUT2D eigenvalue weighted by atomic mass is 16.4. The molecule has 0 amide bonds. The molecule has 0 atom stereocenters. The number of nitrogens with one attached hydrogen (secondary N) is 2. The minimum Gasteiger partial charge on any atom is -0.459 e. The maximum Gasteiger partial charge on any atom is 0.137 e. The van der Waals surface area contributed by atoms with Crippen LogP contribution in [0.4, 0.5) is 5.82 Å². The van der Waals surface area contributed by atoms with E-state index in [1.807, 2.05) is 24.3 Å². The summed E-state index contributed by atoms with van der Waals surface area (Å²) in [5.74, 6) is 2.79. The Morgan fingerprint density at radius 2 is 2.08 bits per heavy atom. The van der Waals surface area contributed by atoms with Gasteiger partial charge in [-0.25, -0.2) is 15.0 Å². The van der Waals surface area contributed by atoms with Gasteiger partial charge >= 0.3 is 0 Å². The van der Waals surface area contributed by atoms with Gasteiger partial charge in [-0.05, 0) is 30.3 Å². The molecule has 0 saturated carbocycles. The van der Waals surface area contributed by atoms with Crippen LogP contribution in [0.25, 0.3) is 22.2 Å². The molecule has 4 rings (SSSR count). The molecule has 0 bridgehead atoms. The fourth-order valence-corrected chi connectivity index (χ4v) is 2.53. The van der Waals surface area contributed by atoms with E-state index in [1.165, 1.54) is 6.33 Å². The van der Waals surface area contributed by atoms with E-state index in [-0.39, 0.29) is 6.61 Å². The molecule has 120 valence electrons. The molecule has 24 heavy (non-hydrogen) atoms. The molecule has 0 fully saturated rings. The van der Waals surface area contributed by atoms with Crippen molar-refractivity contribution in [1.29, 1.82) is 0 Å². The molecule has 0 unspecified atom stereocenters. The number of furan rings is 1. The smallest absolute Gasteiger partial charge is 0.137 e. The number of fused-ring (bicyclic) bond motifs is 1. The first-order valence-electron chi connectivity index (χ1n) is 7.50. The molecule has 0 aliphatic heterocycles. The highest BCUT2D eigenvalue weighted by molar-refractivity contribution is 5.92. The molecule has 7 heteroatoms. The van der Waals surface area contributed by atoms with E-state index in [0.29, 0.717) is 18.1 Å². The summed E-state index contributed by atoms with van der Waals surface area (Å²) in [5.41, 5.74) is 1.74. The second-order valence-corrected chi connectivity index (χ2v) is 5.27. The van der Waals surface area contributed by atoms with Crippen LogP contribution in [-0.2, 0) is 13.2 Å². The standard InChI is InChI=1S/C17H15N5O2/c23-9-12-2-4-15(24-12)11-1-3-14-13(7-11)17(22-10-21-14)20-8-16-18-5-6-19-16/h1-7,10,23H,8-9H2,(H,18,19)(H,20,21,22). The number of rotatable bonds is 5. The molecule has 4 aromatic rings. The largest absolute Gasteiger partial charge is 0.459 e. The molecule has 3 N–H and O–H groups in total. The van der Waals surface area contributed by atoms with Crippen LogP contribution in [0.15, 0.2) is 53.5 Å². The number of nitrogens with zero attached hydrogens (tertiary/aromatic N) is 3.